The lowest BCUT2D eigenvalue weighted by atomic mass is 10.0. The van der Waals surface area contributed by atoms with E-state index in [-0.39, 0.29) is 30.4 Å². The summed E-state index contributed by atoms with van der Waals surface area (Å²) in [6.45, 7) is 7.25. The number of hydrogen-bond donors (Lipinski definition) is 1. The van der Waals surface area contributed by atoms with Crippen molar-refractivity contribution in [3.63, 3.8) is 0 Å². The standard InChI is InChI=1S/C17H24N2O3/c1-12-4-6-15(7-5-12)16(18-14(3)20)10-17(21)19-8-9-22-13(2)11-19/h4-7,13,16H,8-11H2,1-3H3,(H,18,20)/t13-,16-/m0/s1. The van der Waals surface area contributed by atoms with E-state index in [1.165, 1.54) is 6.92 Å². The number of benzene rings is 1. The van der Waals surface area contributed by atoms with Crippen LogP contribution in [-0.2, 0) is 14.3 Å². The minimum absolute atomic E-state index is 0.0504. The van der Waals surface area contributed by atoms with Crippen molar-refractivity contribution in [2.24, 2.45) is 0 Å². The van der Waals surface area contributed by atoms with Crippen molar-refractivity contribution in [1.82, 2.24) is 10.2 Å². The normalized spacial score (nSPS) is 19.6. The van der Waals surface area contributed by atoms with Crippen molar-refractivity contribution in [2.75, 3.05) is 19.7 Å². The highest BCUT2D eigenvalue weighted by atomic mass is 16.5. The fourth-order valence-corrected chi connectivity index (χ4v) is 2.65. The van der Waals surface area contributed by atoms with Crippen LogP contribution in [0, 0.1) is 6.92 Å². The minimum Gasteiger partial charge on any atom is -0.375 e. The lowest BCUT2D eigenvalue weighted by molar-refractivity contribution is -0.138. The molecule has 5 nitrogen and oxygen atoms in total. The smallest absolute Gasteiger partial charge is 0.225 e. The topological polar surface area (TPSA) is 58.6 Å². The SMILES string of the molecule is CC(=O)N[C@@H](CC(=O)N1CCO[C@@H](C)C1)c1ccc(C)cc1. The Bertz CT molecular complexity index is 527. The van der Waals surface area contributed by atoms with E-state index < -0.39 is 0 Å². The first kappa shape index (κ1) is 16.5. The molecule has 120 valence electrons. The quantitative estimate of drug-likeness (QED) is 0.923. The maximum absolute atomic E-state index is 12.5. The Hall–Kier alpha value is -1.88. The molecule has 1 aromatic rings. The zero-order chi connectivity index (χ0) is 16.1. The van der Waals surface area contributed by atoms with Gasteiger partial charge in [-0.1, -0.05) is 29.8 Å². The average Bonchev–Trinajstić information content (AvgIpc) is 2.47. The number of carbonyl (C=O) groups is 2. The molecule has 0 bridgehead atoms. The van der Waals surface area contributed by atoms with Crippen LogP contribution in [0.25, 0.3) is 0 Å². The number of carbonyl (C=O) groups excluding carboxylic acids is 2. The second kappa shape index (κ2) is 7.40. The summed E-state index contributed by atoms with van der Waals surface area (Å²) in [4.78, 5) is 25.8. The second-order valence-corrected chi connectivity index (χ2v) is 5.89. The number of nitrogens with zero attached hydrogens (tertiary/aromatic N) is 1. The summed E-state index contributed by atoms with van der Waals surface area (Å²) < 4.78 is 5.46. The van der Waals surface area contributed by atoms with Crippen LogP contribution in [0.5, 0.6) is 0 Å². The third-order valence-corrected chi connectivity index (χ3v) is 3.83. The largest absolute Gasteiger partial charge is 0.375 e. The number of ether oxygens (including phenoxy) is 1. The van der Waals surface area contributed by atoms with Gasteiger partial charge in [0, 0.05) is 20.0 Å². The summed E-state index contributed by atoms with van der Waals surface area (Å²) in [5, 5.41) is 2.88. The summed E-state index contributed by atoms with van der Waals surface area (Å²) in [5.41, 5.74) is 2.11. The Morgan fingerprint density at radius 2 is 2.05 bits per heavy atom. The Morgan fingerprint density at radius 3 is 2.64 bits per heavy atom. The van der Waals surface area contributed by atoms with Crippen LogP contribution in [0.3, 0.4) is 0 Å². The van der Waals surface area contributed by atoms with Crippen molar-refractivity contribution >= 4 is 11.8 Å². The monoisotopic (exact) mass is 304 g/mol. The summed E-state index contributed by atoms with van der Waals surface area (Å²) in [6.07, 6.45) is 0.339. The van der Waals surface area contributed by atoms with Gasteiger partial charge in [-0.25, -0.2) is 0 Å². The van der Waals surface area contributed by atoms with Gasteiger partial charge in [0.1, 0.15) is 0 Å². The first-order valence-corrected chi connectivity index (χ1v) is 7.68. The van der Waals surface area contributed by atoms with E-state index in [0.717, 1.165) is 11.1 Å². The van der Waals surface area contributed by atoms with Crippen molar-refractivity contribution in [2.45, 2.75) is 39.3 Å². The number of morpholine rings is 1. The predicted molar refractivity (Wildman–Crippen MR) is 84.3 cm³/mol. The molecule has 2 rings (SSSR count). The molecule has 1 aliphatic rings. The second-order valence-electron chi connectivity index (χ2n) is 5.89. The van der Waals surface area contributed by atoms with E-state index in [2.05, 4.69) is 5.32 Å². The van der Waals surface area contributed by atoms with Gasteiger partial charge in [0.05, 0.1) is 25.2 Å². The van der Waals surface area contributed by atoms with E-state index in [0.29, 0.717) is 19.7 Å². The Labute approximate surface area is 131 Å². The van der Waals surface area contributed by atoms with Gasteiger partial charge in [0.15, 0.2) is 0 Å². The molecule has 1 aromatic carbocycles. The van der Waals surface area contributed by atoms with Gasteiger partial charge in [-0.2, -0.15) is 0 Å². The van der Waals surface area contributed by atoms with Crippen molar-refractivity contribution in [3.05, 3.63) is 35.4 Å². The molecule has 0 radical (unpaired) electrons. The first-order valence-electron chi connectivity index (χ1n) is 7.68. The van der Waals surface area contributed by atoms with Crippen molar-refractivity contribution in [3.8, 4) is 0 Å². The lowest BCUT2D eigenvalue weighted by Crippen LogP contribution is -2.45. The maximum atomic E-state index is 12.5. The molecule has 2 atom stereocenters. The Morgan fingerprint density at radius 1 is 1.36 bits per heavy atom. The molecule has 22 heavy (non-hydrogen) atoms. The van der Waals surface area contributed by atoms with E-state index in [9.17, 15) is 9.59 Å². The maximum Gasteiger partial charge on any atom is 0.225 e. The fourth-order valence-electron chi connectivity index (χ4n) is 2.65. The van der Waals surface area contributed by atoms with Crippen LogP contribution >= 0.6 is 0 Å². The van der Waals surface area contributed by atoms with E-state index in [4.69, 9.17) is 4.74 Å². The van der Waals surface area contributed by atoms with Crippen LogP contribution in [0.2, 0.25) is 0 Å². The van der Waals surface area contributed by atoms with E-state index in [1.807, 2.05) is 43.0 Å². The van der Waals surface area contributed by atoms with Crippen molar-refractivity contribution < 1.29 is 14.3 Å². The summed E-state index contributed by atoms with van der Waals surface area (Å²) in [7, 11) is 0. The molecule has 1 saturated heterocycles. The van der Waals surface area contributed by atoms with Gasteiger partial charge >= 0.3 is 0 Å². The van der Waals surface area contributed by atoms with Crippen LogP contribution in [0.15, 0.2) is 24.3 Å². The molecule has 0 aliphatic carbocycles. The zero-order valence-corrected chi connectivity index (χ0v) is 13.5. The first-order chi connectivity index (χ1) is 10.5. The Balaban J connectivity index is 2.07. The third kappa shape index (κ3) is 4.56. The van der Waals surface area contributed by atoms with Gasteiger partial charge in [-0.3, -0.25) is 9.59 Å². The summed E-state index contributed by atoms with van der Waals surface area (Å²) in [5.74, 6) is -0.0804. The molecule has 5 heteroatoms. The zero-order valence-electron chi connectivity index (χ0n) is 13.5. The number of nitrogens with one attached hydrogen (secondary N) is 1. The summed E-state index contributed by atoms with van der Waals surface area (Å²) >= 11 is 0. The fraction of sp³-hybridized carbons (Fsp3) is 0.529. The molecular weight excluding hydrogens is 280 g/mol. The number of hydrogen-bond acceptors (Lipinski definition) is 3. The van der Waals surface area contributed by atoms with Crippen molar-refractivity contribution in [1.29, 1.82) is 0 Å². The highest BCUT2D eigenvalue weighted by molar-refractivity contribution is 5.79. The van der Waals surface area contributed by atoms with E-state index >= 15 is 0 Å². The van der Waals surface area contributed by atoms with Gasteiger partial charge in [0.2, 0.25) is 11.8 Å². The third-order valence-electron chi connectivity index (χ3n) is 3.83. The van der Waals surface area contributed by atoms with Gasteiger partial charge < -0.3 is 15.0 Å². The van der Waals surface area contributed by atoms with Gasteiger partial charge in [-0.05, 0) is 19.4 Å². The lowest BCUT2D eigenvalue weighted by Gasteiger charge is -2.32. The Kier molecular flexibility index (Phi) is 5.55. The molecule has 0 aromatic heterocycles. The number of amides is 2. The average molecular weight is 304 g/mol. The van der Waals surface area contributed by atoms with Crippen LogP contribution in [0.1, 0.15) is 37.4 Å². The van der Waals surface area contributed by atoms with Crippen LogP contribution in [0.4, 0.5) is 0 Å². The molecule has 2 amide bonds. The van der Waals surface area contributed by atoms with E-state index in [1.54, 1.807) is 0 Å². The highest BCUT2D eigenvalue weighted by Crippen LogP contribution is 2.19. The molecule has 1 aliphatic heterocycles. The molecule has 1 heterocycles. The molecule has 0 unspecified atom stereocenters. The molecule has 0 saturated carbocycles. The number of rotatable bonds is 4. The molecule has 1 fully saturated rings. The highest BCUT2D eigenvalue weighted by Gasteiger charge is 2.25. The summed E-state index contributed by atoms with van der Waals surface area (Å²) in [6, 6.07) is 7.62. The van der Waals surface area contributed by atoms with Gasteiger partial charge in [0.25, 0.3) is 0 Å². The minimum atomic E-state index is -0.288. The van der Waals surface area contributed by atoms with Crippen LogP contribution < -0.4 is 5.32 Å². The van der Waals surface area contributed by atoms with Crippen LogP contribution in [-0.4, -0.2) is 42.5 Å². The van der Waals surface area contributed by atoms with Gasteiger partial charge in [-0.15, -0.1) is 0 Å². The number of aryl methyl sites for hydroxylation is 1. The molecule has 1 N–H and O–H groups in total. The predicted octanol–water partition coefficient (Wildman–Crippen LogP) is 1.81. The molecule has 0 spiro atoms. The molecular formula is C17H24N2O3.